The number of aliphatic hydroxyl groups is 1. The topological polar surface area (TPSA) is 139 Å². The number of carbonyl (C=O) groups excluding carboxylic acids is 1. The summed E-state index contributed by atoms with van der Waals surface area (Å²) in [6.07, 6.45) is 4.04. The molecule has 4 aromatic heterocycles. The van der Waals surface area contributed by atoms with E-state index in [1.807, 2.05) is 23.1 Å². The van der Waals surface area contributed by atoms with Gasteiger partial charge in [0.25, 0.3) is 0 Å². The summed E-state index contributed by atoms with van der Waals surface area (Å²) in [5.41, 5.74) is 5.02. The summed E-state index contributed by atoms with van der Waals surface area (Å²) in [6.45, 7) is 5.47. The molecule has 4 aromatic rings. The van der Waals surface area contributed by atoms with Crippen molar-refractivity contribution in [3.63, 3.8) is 0 Å². The van der Waals surface area contributed by atoms with E-state index in [0.29, 0.717) is 36.7 Å². The summed E-state index contributed by atoms with van der Waals surface area (Å²) >= 11 is 0. The molecule has 1 saturated heterocycles. The van der Waals surface area contributed by atoms with Gasteiger partial charge in [0.1, 0.15) is 30.4 Å². The van der Waals surface area contributed by atoms with Gasteiger partial charge in [0.2, 0.25) is 0 Å². The van der Waals surface area contributed by atoms with Gasteiger partial charge in [0, 0.05) is 30.4 Å². The number of hydroxylamine groups is 1. The lowest BCUT2D eigenvalue weighted by Gasteiger charge is -2.36. The molecule has 0 aliphatic carbocycles. The Balaban J connectivity index is 1.30. The predicted octanol–water partition coefficient (Wildman–Crippen LogP) is 3.02. The standard InChI is InChI=1S/C25H30FN7O5/c1-25(2,3)37-24(35)38-31-19-6-8-32(14-20(19)34)21-5-4-15(11-27-21)17-10-16(36-9-7-26)13-33-22(17)18-12-28-29-23(18)30-33/h4-5,10-13,19-20,31,34H,6-9,14H2,1-3H3,(H,29,30)/t19-,20-/m0/s1. The van der Waals surface area contributed by atoms with Crippen molar-refractivity contribution in [1.29, 1.82) is 0 Å². The second-order valence-electron chi connectivity index (χ2n) is 10.1. The SMILES string of the molecule is CC(C)(C)OC(=O)ON[C@H]1CCN(c2ccc(-c3cc(OCCF)cn4nc5[nH]ncc5c34)cn2)C[C@@H]1O. The molecule has 38 heavy (non-hydrogen) atoms. The fourth-order valence-corrected chi connectivity index (χ4v) is 4.40. The molecule has 0 radical (unpaired) electrons. The number of β-amino-alcohol motifs (C(OH)–C–C–N with tert-alkyl or cyclic N) is 1. The van der Waals surface area contributed by atoms with E-state index in [-0.39, 0.29) is 6.61 Å². The zero-order valence-corrected chi connectivity index (χ0v) is 21.3. The molecule has 0 amide bonds. The van der Waals surface area contributed by atoms with Gasteiger partial charge < -0.3 is 24.3 Å². The fourth-order valence-electron chi connectivity index (χ4n) is 4.40. The van der Waals surface area contributed by atoms with Crippen LogP contribution in [0.5, 0.6) is 5.75 Å². The van der Waals surface area contributed by atoms with Gasteiger partial charge in [-0.25, -0.2) is 18.7 Å². The maximum absolute atomic E-state index is 12.7. The summed E-state index contributed by atoms with van der Waals surface area (Å²) in [4.78, 5) is 23.4. The molecule has 13 heteroatoms. The van der Waals surface area contributed by atoms with E-state index in [1.165, 1.54) is 0 Å². The van der Waals surface area contributed by atoms with Crippen molar-refractivity contribution in [3.8, 4) is 16.9 Å². The molecule has 1 fully saturated rings. The number of H-pyrrole nitrogens is 1. The number of fused-ring (bicyclic) bond motifs is 3. The Bertz CT molecular complexity index is 1420. The van der Waals surface area contributed by atoms with Crippen LogP contribution in [0.15, 0.2) is 36.8 Å². The molecule has 202 valence electrons. The summed E-state index contributed by atoms with van der Waals surface area (Å²) in [7, 11) is 0. The molecule has 1 aliphatic rings. The van der Waals surface area contributed by atoms with Crippen LogP contribution in [0.25, 0.3) is 27.7 Å². The monoisotopic (exact) mass is 527 g/mol. The van der Waals surface area contributed by atoms with Gasteiger partial charge in [-0.2, -0.15) is 5.10 Å². The van der Waals surface area contributed by atoms with E-state index < -0.39 is 30.6 Å². The zero-order chi connectivity index (χ0) is 26.9. The Morgan fingerprint density at radius 3 is 2.87 bits per heavy atom. The quantitative estimate of drug-likeness (QED) is 0.243. The van der Waals surface area contributed by atoms with Gasteiger partial charge in [-0.05, 0) is 45.4 Å². The van der Waals surface area contributed by atoms with Crippen LogP contribution in [0.4, 0.5) is 15.0 Å². The maximum Gasteiger partial charge on any atom is 0.528 e. The number of ether oxygens (including phenoxy) is 2. The third kappa shape index (κ3) is 5.48. The second-order valence-corrected chi connectivity index (χ2v) is 10.1. The van der Waals surface area contributed by atoms with Crippen LogP contribution in [0, 0.1) is 0 Å². The van der Waals surface area contributed by atoms with E-state index in [2.05, 4.69) is 25.8 Å². The minimum absolute atomic E-state index is 0.0568. The first kappa shape index (κ1) is 25.7. The number of nitrogens with one attached hydrogen (secondary N) is 2. The molecule has 2 atom stereocenters. The van der Waals surface area contributed by atoms with Crippen LogP contribution in [0.3, 0.4) is 0 Å². The Hall–Kier alpha value is -3.97. The number of hydrogen-bond acceptors (Lipinski definition) is 10. The summed E-state index contributed by atoms with van der Waals surface area (Å²) < 4.78 is 25.0. The molecule has 0 bridgehead atoms. The number of nitrogens with zero attached hydrogens (tertiary/aromatic N) is 5. The van der Waals surface area contributed by atoms with Gasteiger partial charge in [0.05, 0.1) is 35.4 Å². The Morgan fingerprint density at radius 1 is 1.32 bits per heavy atom. The first-order valence-electron chi connectivity index (χ1n) is 12.3. The molecule has 0 aromatic carbocycles. The van der Waals surface area contributed by atoms with Crippen LogP contribution in [0.1, 0.15) is 27.2 Å². The number of hydrogen-bond donors (Lipinski definition) is 3. The van der Waals surface area contributed by atoms with E-state index in [1.54, 1.807) is 43.9 Å². The average molecular weight is 528 g/mol. The average Bonchev–Trinajstić information content (AvgIpc) is 3.46. The Labute approximate surface area is 217 Å². The van der Waals surface area contributed by atoms with Gasteiger partial charge in [-0.1, -0.05) is 0 Å². The number of piperidine rings is 1. The molecule has 3 N–H and O–H groups in total. The normalized spacial score (nSPS) is 18.2. The molecule has 0 unspecified atom stereocenters. The van der Waals surface area contributed by atoms with Crippen molar-refractivity contribution in [2.45, 2.75) is 44.9 Å². The molecule has 5 rings (SSSR count). The highest BCUT2D eigenvalue weighted by Crippen LogP contribution is 2.33. The molecule has 0 spiro atoms. The van der Waals surface area contributed by atoms with Crippen LogP contribution < -0.4 is 15.1 Å². The number of aromatic amines is 1. The summed E-state index contributed by atoms with van der Waals surface area (Å²) in [5, 5.41) is 22.9. The van der Waals surface area contributed by atoms with Crippen LogP contribution in [-0.2, 0) is 9.57 Å². The number of alkyl halides is 1. The largest absolute Gasteiger partial charge is 0.528 e. The van der Waals surface area contributed by atoms with Crippen molar-refractivity contribution in [3.05, 3.63) is 36.8 Å². The highest BCUT2D eigenvalue weighted by molar-refractivity contribution is 6.00. The Morgan fingerprint density at radius 2 is 2.16 bits per heavy atom. The van der Waals surface area contributed by atoms with Gasteiger partial charge in [0.15, 0.2) is 5.65 Å². The number of aliphatic hydroxyl groups excluding tert-OH is 1. The number of aromatic nitrogens is 5. The first-order valence-corrected chi connectivity index (χ1v) is 12.3. The lowest BCUT2D eigenvalue weighted by atomic mass is 10.0. The highest BCUT2D eigenvalue weighted by atomic mass is 19.1. The van der Waals surface area contributed by atoms with Gasteiger partial charge in [-0.3, -0.25) is 5.10 Å². The minimum atomic E-state index is -0.844. The zero-order valence-electron chi connectivity index (χ0n) is 21.3. The maximum atomic E-state index is 12.7. The van der Waals surface area contributed by atoms with E-state index >= 15 is 0 Å². The molecule has 12 nitrogen and oxygen atoms in total. The number of rotatable bonds is 7. The lowest BCUT2D eigenvalue weighted by Crippen LogP contribution is -2.53. The predicted molar refractivity (Wildman–Crippen MR) is 137 cm³/mol. The molecular formula is C25H30FN7O5. The highest BCUT2D eigenvalue weighted by Gasteiger charge is 2.30. The van der Waals surface area contributed by atoms with Crippen LogP contribution in [-0.4, -0.2) is 80.2 Å². The van der Waals surface area contributed by atoms with E-state index in [9.17, 15) is 14.3 Å². The van der Waals surface area contributed by atoms with Crippen molar-refractivity contribution >= 4 is 28.5 Å². The van der Waals surface area contributed by atoms with Crippen LogP contribution in [0.2, 0.25) is 0 Å². The van der Waals surface area contributed by atoms with Crippen LogP contribution >= 0.6 is 0 Å². The van der Waals surface area contributed by atoms with Crippen molar-refractivity contribution in [2.75, 3.05) is 31.3 Å². The summed E-state index contributed by atoms with van der Waals surface area (Å²) in [5.74, 6) is 1.18. The minimum Gasteiger partial charge on any atom is -0.489 e. The van der Waals surface area contributed by atoms with Crippen molar-refractivity contribution in [1.82, 2.24) is 30.3 Å². The third-order valence-electron chi connectivity index (χ3n) is 6.10. The summed E-state index contributed by atoms with van der Waals surface area (Å²) in [6, 6.07) is 5.21. The van der Waals surface area contributed by atoms with Crippen molar-refractivity contribution in [2.24, 2.45) is 0 Å². The van der Waals surface area contributed by atoms with E-state index in [0.717, 1.165) is 22.0 Å². The smallest absolute Gasteiger partial charge is 0.489 e. The molecule has 1 aliphatic heterocycles. The molecular weight excluding hydrogens is 497 g/mol. The number of carbonyl (C=O) groups is 1. The van der Waals surface area contributed by atoms with Gasteiger partial charge in [-0.15, -0.1) is 10.6 Å². The lowest BCUT2D eigenvalue weighted by molar-refractivity contribution is -0.0549. The van der Waals surface area contributed by atoms with Gasteiger partial charge >= 0.3 is 6.16 Å². The Kier molecular flexibility index (Phi) is 7.04. The molecule has 0 saturated carbocycles. The first-order chi connectivity index (χ1) is 18.2. The third-order valence-corrected chi connectivity index (χ3v) is 6.10. The molecule has 5 heterocycles. The second kappa shape index (κ2) is 10.4. The number of halogens is 1. The number of anilines is 1. The van der Waals surface area contributed by atoms with E-state index in [4.69, 9.17) is 14.3 Å². The fraction of sp³-hybridized carbons (Fsp3) is 0.440. The van der Waals surface area contributed by atoms with Crippen molar-refractivity contribution < 1.29 is 28.6 Å². The number of pyridine rings is 2.